The normalized spacial score (nSPS) is 11.5. The van der Waals surface area contributed by atoms with Gasteiger partial charge in [-0.2, -0.15) is 0 Å². The molecule has 0 saturated carbocycles. The number of hydrogen-bond acceptors (Lipinski definition) is 5. The van der Waals surface area contributed by atoms with Crippen molar-refractivity contribution in [2.75, 3.05) is 12.8 Å². The van der Waals surface area contributed by atoms with Gasteiger partial charge in [0.2, 0.25) is 0 Å². The van der Waals surface area contributed by atoms with E-state index in [9.17, 15) is 5.11 Å². The Morgan fingerprint density at radius 3 is 2.75 bits per heavy atom. The summed E-state index contributed by atoms with van der Waals surface area (Å²) in [4.78, 5) is 4.33. The minimum Gasteiger partial charge on any atom is -0.497 e. The van der Waals surface area contributed by atoms with Crippen LogP contribution in [0.25, 0.3) is 0 Å². The van der Waals surface area contributed by atoms with E-state index in [4.69, 9.17) is 10.5 Å². The van der Waals surface area contributed by atoms with Gasteiger partial charge in [-0.05, 0) is 50.5 Å². The van der Waals surface area contributed by atoms with Gasteiger partial charge in [0.15, 0.2) is 0 Å². The molecule has 5 heteroatoms. The molecular formula is C19H27N3O2. The van der Waals surface area contributed by atoms with E-state index in [2.05, 4.69) is 36.3 Å². The number of anilines is 1. The number of pyridine rings is 1. The fourth-order valence-corrected chi connectivity index (χ4v) is 2.54. The van der Waals surface area contributed by atoms with E-state index >= 15 is 0 Å². The molecule has 24 heavy (non-hydrogen) atoms. The van der Waals surface area contributed by atoms with E-state index in [1.165, 1.54) is 5.56 Å². The molecule has 0 unspecified atom stereocenters. The molecule has 2 rings (SSSR count). The Balaban J connectivity index is 1.94. The van der Waals surface area contributed by atoms with Gasteiger partial charge in [0.05, 0.1) is 19.4 Å². The number of rotatable bonds is 8. The van der Waals surface area contributed by atoms with Crippen molar-refractivity contribution >= 4 is 5.82 Å². The zero-order valence-corrected chi connectivity index (χ0v) is 14.7. The van der Waals surface area contributed by atoms with Gasteiger partial charge in [-0.1, -0.05) is 18.2 Å². The molecule has 1 heterocycles. The predicted octanol–water partition coefficient (Wildman–Crippen LogP) is 2.67. The summed E-state index contributed by atoms with van der Waals surface area (Å²) in [6, 6.07) is 11.7. The highest BCUT2D eigenvalue weighted by Crippen LogP contribution is 2.19. The number of methoxy groups -OCH3 is 1. The lowest BCUT2D eigenvalue weighted by molar-refractivity contribution is 0.278. The highest BCUT2D eigenvalue weighted by molar-refractivity contribution is 5.34. The van der Waals surface area contributed by atoms with Gasteiger partial charge < -0.3 is 20.9 Å². The number of hydrogen-bond donors (Lipinski definition) is 3. The molecule has 1 aromatic heterocycles. The number of nitrogen functional groups attached to an aromatic ring is 1. The quantitative estimate of drug-likeness (QED) is 0.694. The van der Waals surface area contributed by atoms with Gasteiger partial charge in [-0.25, -0.2) is 4.98 Å². The Bertz CT molecular complexity index is 671. The molecular weight excluding hydrogens is 302 g/mol. The molecule has 0 spiro atoms. The van der Waals surface area contributed by atoms with Crippen LogP contribution in [0.15, 0.2) is 36.4 Å². The summed E-state index contributed by atoms with van der Waals surface area (Å²) in [6.07, 6.45) is 1.92. The van der Waals surface area contributed by atoms with Crippen molar-refractivity contribution in [3.8, 4) is 5.75 Å². The largest absolute Gasteiger partial charge is 0.497 e. The zero-order chi connectivity index (χ0) is 17.6. The summed E-state index contributed by atoms with van der Waals surface area (Å²) < 4.78 is 5.27. The predicted molar refractivity (Wildman–Crippen MR) is 96.8 cm³/mol. The molecule has 0 fully saturated rings. The van der Waals surface area contributed by atoms with Crippen molar-refractivity contribution in [3.63, 3.8) is 0 Å². The van der Waals surface area contributed by atoms with E-state index in [1.54, 1.807) is 13.2 Å². The topological polar surface area (TPSA) is 80.4 Å². The molecule has 0 saturated heterocycles. The van der Waals surface area contributed by atoms with Gasteiger partial charge in [-0.3, -0.25) is 0 Å². The van der Waals surface area contributed by atoms with Crippen LogP contribution in [-0.4, -0.2) is 22.7 Å². The molecule has 2 aromatic rings. The third-order valence-electron chi connectivity index (χ3n) is 4.17. The summed E-state index contributed by atoms with van der Waals surface area (Å²) in [6.45, 7) is 4.87. The number of aliphatic hydroxyl groups excluding tert-OH is 1. The van der Waals surface area contributed by atoms with Gasteiger partial charge >= 0.3 is 0 Å². The van der Waals surface area contributed by atoms with Gasteiger partial charge in [-0.15, -0.1) is 0 Å². The molecule has 0 aliphatic heterocycles. The SMILES string of the molecule is COc1cccc(CCC(C)(C)NCc2nc(N)ccc2CO)c1. The number of nitrogens with two attached hydrogens (primary N) is 1. The standard InChI is InChI=1S/C19H27N3O2/c1-19(2,10-9-14-5-4-6-16(11-14)24-3)21-12-17-15(13-23)7-8-18(20)22-17/h4-8,11,21,23H,9-10,12-13H2,1-3H3,(H2,20,22). The molecule has 1 aromatic carbocycles. The van der Waals surface area contributed by atoms with Crippen LogP contribution in [0.5, 0.6) is 5.75 Å². The second-order valence-electron chi connectivity index (χ2n) is 6.59. The number of nitrogens with one attached hydrogen (secondary N) is 1. The fourth-order valence-electron chi connectivity index (χ4n) is 2.54. The van der Waals surface area contributed by atoms with E-state index in [0.717, 1.165) is 29.8 Å². The highest BCUT2D eigenvalue weighted by Gasteiger charge is 2.18. The van der Waals surface area contributed by atoms with Crippen molar-refractivity contribution in [1.29, 1.82) is 0 Å². The lowest BCUT2D eigenvalue weighted by Gasteiger charge is -2.27. The summed E-state index contributed by atoms with van der Waals surface area (Å²) in [5, 5.41) is 12.9. The molecule has 0 bridgehead atoms. The Morgan fingerprint density at radius 2 is 2.04 bits per heavy atom. The molecule has 0 atom stereocenters. The first-order valence-corrected chi connectivity index (χ1v) is 8.16. The van der Waals surface area contributed by atoms with Crippen molar-refractivity contribution in [1.82, 2.24) is 10.3 Å². The van der Waals surface area contributed by atoms with Crippen molar-refractivity contribution < 1.29 is 9.84 Å². The van der Waals surface area contributed by atoms with Crippen LogP contribution >= 0.6 is 0 Å². The second kappa shape index (κ2) is 8.13. The maximum Gasteiger partial charge on any atom is 0.123 e. The van der Waals surface area contributed by atoms with Crippen LogP contribution < -0.4 is 15.8 Å². The maximum absolute atomic E-state index is 9.42. The third kappa shape index (κ3) is 5.22. The molecule has 0 amide bonds. The second-order valence-corrected chi connectivity index (χ2v) is 6.59. The van der Waals surface area contributed by atoms with E-state index in [-0.39, 0.29) is 12.1 Å². The van der Waals surface area contributed by atoms with Crippen molar-refractivity contribution in [3.05, 3.63) is 53.2 Å². The summed E-state index contributed by atoms with van der Waals surface area (Å²) in [5.41, 5.74) is 8.54. The van der Waals surface area contributed by atoms with Crippen LogP contribution in [0.1, 0.15) is 37.1 Å². The molecule has 0 radical (unpaired) electrons. The van der Waals surface area contributed by atoms with Gasteiger partial charge in [0.25, 0.3) is 0 Å². The highest BCUT2D eigenvalue weighted by atomic mass is 16.5. The average Bonchev–Trinajstić information content (AvgIpc) is 2.59. The van der Waals surface area contributed by atoms with E-state index in [0.29, 0.717) is 12.4 Å². The molecule has 4 N–H and O–H groups in total. The smallest absolute Gasteiger partial charge is 0.123 e. The van der Waals surface area contributed by atoms with Crippen LogP contribution in [0.3, 0.4) is 0 Å². The number of benzene rings is 1. The minimum absolute atomic E-state index is 0.0332. The number of aryl methyl sites for hydroxylation is 1. The number of aliphatic hydroxyl groups is 1. The number of aromatic nitrogens is 1. The van der Waals surface area contributed by atoms with Crippen molar-refractivity contribution in [2.45, 2.75) is 45.4 Å². The Hall–Kier alpha value is -2.11. The fraction of sp³-hybridized carbons (Fsp3) is 0.421. The molecule has 130 valence electrons. The molecule has 0 aliphatic rings. The average molecular weight is 329 g/mol. The van der Waals surface area contributed by atoms with Gasteiger partial charge in [0, 0.05) is 17.6 Å². The number of ether oxygens (including phenoxy) is 1. The maximum atomic E-state index is 9.42. The minimum atomic E-state index is -0.0674. The monoisotopic (exact) mass is 329 g/mol. The van der Waals surface area contributed by atoms with Gasteiger partial charge in [0.1, 0.15) is 11.6 Å². The molecule has 0 aliphatic carbocycles. The number of nitrogens with zero attached hydrogens (tertiary/aromatic N) is 1. The van der Waals surface area contributed by atoms with E-state index in [1.807, 2.05) is 18.2 Å². The lowest BCUT2D eigenvalue weighted by Crippen LogP contribution is -2.39. The Labute approximate surface area is 143 Å². The molecule has 5 nitrogen and oxygen atoms in total. The summed E-state index contributed by atoms with van der Waals surface area (Å²) in [7, 11) is 1.68. The third-order valence-corrected chi connectivity index (χ3v) is 4.17. The zero-order valence-electron chi connectivity index (χ0n) is 14.7. The lowest BCUT2D eigenvalue weighted by atomic mass is 9.95. The van der Waals surface area contributed by atoms with E-state index < -0.39 is 0 Å². The first kappa shape index (κ1) is 18.2. The Morgan fingerprint density at radius 1 is 1.25 bits per heavy atom. The van der Waals surface area contributed by atoms with Crippen LogP contribution in [-0.2, 0) is 19.6 Å². The van der Waals surface area contributed by atoms with Crippen LogP contribution in [0.2, 0.25) is 0 Å². The summed E-state index contributed by atoms with van der Waals surface area (Å²) >= 11 is 0. The van der Waals surface area contributed by atoms with Crippen LogP contribution in [0, 0.1) is 0 Å². The van der Waals surface area contributed by atoms with Crippen LogP contribution in [0.4, 0.5) is 5.82 Å². The first-order chi connectivity index (χ1) is 11.4. The summed E-state index contributed by atoms with van der Waals surface area (Å²) in [5.74, 6) is 1.35. The Kier molecular flexibility index (Phi) is 6.17. The first-order valence-electron chi connectivity index (χ1n) is 8.16. The van der Waals surface area contributed by atoms with Crippen molar-refractivity contribution in [2.24, 2.45) is 0 Å².